The molecule has 0 saturated heterocycles. The summed E-state index contributed by atoms with van der Waals surface area (Å²) in [5, 5.41) is 25.0. The highest BCUT2D eigenvalue weighted by Crippen LogP contribution is 2.70. The molecule has 5 heteroatoms. The van der Waals surface area contributed by atoms with Crippen LogP contribution in [0.15, 0.2) is 32.8 Å². The van der Waals surface area contributed by atoms with Gasteiger partial charge in [0, 0.05) is 11.5 Å². The number of rotatable bonds is 1. The van der Waals surface area contributed by atoms with Gasteiger partial charge in [-0.25, -0.2) is 4.79 Å². The zero-order chi connectivity index (χ0) is 20.4. The average molecular weight is 400 g/mol. The average Bonchev–Trinajstić information content (AvgIpc) is 2.99. The summed E-state index contributed by atoms with van der Waals surface area (Å²) in [6.07, 6.45) is 10.6. The van der Waals surface area contributed by atoms with E-state index in [1.54, 1.807) is 6.26 Å². The fourth-order valence-corrected chi connectivity index (χ4v) is 8.22. The quantitative estimate of drug-likeness (QED) is 0.529. The van der Waals surface area contributed by atoms with Crippen molar-refractivity contribution in [1.29, 1.82) is 0 Å². The number of nitrogens with zero attached hydrogens (tertiary/aromatic N) is 1. The van der Waals surface area contributed by atoms with Gasteiger partial charge in [-0.1, -0.05) is 19.0 Å². The van der Waals surface area contributed by atoms with E-state index >= 15 is 0 Å². The summed E-state index contributed by atoms with van der Waals surface area (Å²) in [6, 6.07) is 3.41. The third-order valence-corrected chi connectivity index (χ3v) is 9.95. The van der Waals surface area contributed by atoms with Crippen molar-refractivity contribution in [1.82, 2.24) is 0 Å². The van der Waals surface area contributed by atoms with E-state index in [1.807, 2.05) is 6.07 Å². The lowest BCUT2D eigenvalue weighted by Gasteiger charge is -2.63. The molecule has 1 heterocycles. The maximum absolute atomic E-state index is 12.2. The molecule has 4 aliphatic carbocycles. The van der Waals surface area contributed by atoms with Crippen LogP contribution in [0.3, 0.4) is 0 Å². The summed E-state index contributed by atoms with van der Waals surface area (Å²) < 4.78 is 5.17. The number of oxime groups is 1. The van der Waals surface area contributed by atoms with Gasteiger partial charge in [0.25, 0.3) is 0 Å². The minimum Gasteiger partial charge on any atom is -0.431 e. The van der Waals surface area contributed by atoms with Gasteiger partial charge in [0.1, 0.15) is 0 Å². The summed E-state index contributed by atoms with van der Waals surface area (Å²) >= 11 is 0. The minimum absolute atomic E-state index is 0.177. The van der Waals surface area contributed by atoms with E-state index in [1.165, 1.54) is 6.07 Å². The van der Waals surface area contributed by atoms with E-state index in [0.29, 0.717) is 17.8 Å². The standard InChI is InChI=1S/C24H33NO4/c1-22-10-7-17(25-28)13-16(22)4-5-20-19(22)8-11-23(2)18(9-12-24(20,23)27)15-3-6-21(26)29-14-15/h3,6,14,16,18-20,27-28H,4-5,7-13H2,1-2H3/b25-17+/t16-,18-,19+,20?,22+,23-,24+/m1/s1. The number of fused-ring (bicyclic) bond motifs is 5. The fourth-order valence-electron chi connectivity index (χ4n) is 8.22. The Morgan fingerprint density at radius 3 is 2.62 bits per heavy atom. The van der Waals surface area contributed by atoms with Gasteiger partial charge in [-0.3, -0.25) is 0 Å². The normalized spacial score (nSPS) is 48.0. The molecule has 5 rings (SSSR count). The number of aliphatic hydroxyl groups is 1. The fraction of sp³-hybridized carbons (Fsp3) is 0.750. The molecule has 1 aromatic rings. The van der Waals surface area contributed by atoms with Crippen molar-refractivity contribution in [2.75, 3.05) is 0 Å². The topological polar surface area (TPSA) is 83.0 Å². The second-order valence-corrected chi connectivity index (χ2v) is 10.7. The molecule has 0 amide bonds. The van der Waals surface area contributed by atoms with Crippen molar-refractivity contribution in [3.05, 3.63) is 34.4 Å². The Bertz CT molecular complexity index is 873. The van der Waals surface area contributed by atoms with Crippen LogP contribution in [-0.2, 0) is 0 Å². The Morgan fingerprint density at radius 1 is 1.07 bits per heavy atom. The van der Waals surface area contributed by atoms with Gasteiger partial charge >= 0.3 is 5.63 Å². The van der Waals surface area contributed by atoms with Gasteiger partial charge in [-0.15, -0.1) is 0 Å². The Hall–Kier alpha value is -1.62. The van der Waals surface area contributed by atoms with Crippen molar-refractivity contribution in [3.63, 3.8) is 0 Å². The summed E-state index contributed by atoms with van der Waals surface area (Å²) in [4.78, 5) is 11.4. The van der Waals surface area contributed by atoms with Crippen LogP contribution in [0.2, 0.25) is 0 Å². The van der Waals surface area contributed by atoms with Crippen LogP contribution in [-0.4, -0.2) is 21.6 Å². The molecular formula is C24H33NO4. The molecule has 0 radical (unpaired) electrons. The van der Waals surface area contributed by atoms with Crippen LogP contribution in [0.4, 0.5) is 0 Å². The van der Waals surface area contributed by atoms with E-state index in [9.17, 15) is 15.1 Å². The van der Waals surface area contributed by atoms with E-state index in [2.05, 4.69) is 19.0 Å². The van der Waals surface area contributed by atoms with Gasteiger partial charge < -0.3 is 14.7 Å². The van der Waals surface area contributed by atoms with Crippen LogP contribution in [0.1, 0.15) is 83.1 Å². The smallest absolute Gasteiger partial charge is 0.335 e. The molecule has 0 aliphatic heterocycles. The monoisotopic (exact) mass is 399 g/mol. The molecule has 7 atom stereocenters. The zero-order valence-corrected chi connectivity index (χ0v) is 17.6. The second-order valence-electron chi connectivity index (χ2n) is 10.7. The Kier molecular flexibility index (Phi) is 4.29. The first-order valence-electron chi connectivity index (χ1n) is 11.3. The first-order valence-corrected chi connectivity index (χ1v) is 11.3. The van der Waals surface area contributed by atoms with Gasteiger partial charge in [0.15, 0.2) is 0 Å². The van der Waals surface area contributed by atoms with E-state index in [4.69, 9.17) is 4.42 Å². The minimum atomic E-state index is -0.657. The summed E-state index contributed by atoms with van der Waals surface area (Å²) in [5.74, 6) is 1.67. The Morgan fingerprint density at radius 2 is 1.90 bits per heavy atom. The number of hydrogen-bond donors (Lipinski definition) is 2. The molecule has 0 aromatic carbocycles. The van der Waals surface area contributed by atoms with Crippen LogP contribution in [0, 0.1) is 28.6 Å². The first-order chi connectivity index (χ1) is 13.8. The van der Waals surface area contributed by atoms with Gasteiger partial charge in [0.05, 0.1) is 17.6 Å². The Labute approximate surface area is 172 Å². The van der Waals surface area contributed by atoms with Crippen molar-refractivity contribution >= 4 is 5.71 Å². The van der Waals surface area contributed by atoms with Crippen LogP contribution in [0.25, 0.3) is 0 Å². The SMILES string of the molecule is C[C@]12CC/C(=N\O)C[C@H]1CCC1[C@@H]2CC[C@]2(C)[C@@H](c3ccc(=O)oc3)CC[C@]12O. The van der Waals surface area contributed by atoms with Crippen LogP contribution in [0.5, 0.6) is 0 Å². The molecule has 1 unspecified atom stereocenters. The van der Waals surface area contributed by atoms with E-state index < -0.39 is 5.60 Å². The molecular weight excluding hydrogens is 366 g/mol. The van der Waals surface area contributed by atoms with Crippen molar-refractivity contribution in [3.8, 4) is 0 Å². The van der Waals surface area contributed by atoms with Crippen LogP contribution < -0.4 is 5.63 Å². The molecule has 4 aliphatic rings. The predicted octanol–water partition coefficient (Wildman–Crippen LogP) is 4.71. The Balaban J connectivity index is 1.47. The van der Waals surface area contributed by atoms with Crippen LogP contribution >= 0.6 is 0 Å². The number of hydrogen-bond acceptors (Lipinski definition) is 5. The largest absolute Gasteiger partial charge is 0.431 e. The zero-order valence-electron chi connectivity index (χ0n) is 17.6. The first kappa shape index (κ1) is 19.3. The lowest BCUT2D eigenvalue weighted by atomic mass is 9.43. The molecule has 0 bridgehead atoms. The van der Waals surface area contributed by atoms with E-state index in [0.717, 1.165) is 69.1 Å². The van der Waals surface area contributed by atoms with E-state index in [-0.39, 0.29) is 22.4 Å². The summed E-state index contributed by atoms with van der Waals surface area (Å²) in [7, 11) is 0. The van der Waals surface area contributed by atoms with Crippen molar-refractivity contribution < 1.29 is 14.7 Å². The maximum atomic E-state index is 12.2. The molecule has 4 fully saturated rings. The van der Waals surface area contributed by atoms with Gasteiger partial charge in [-0.2, -0.15) is 0 Å². The predicted molar refractivity (Wildman–Crippen MR) is 110 cm³/mol. The lowest BCUT2D eigenvalue weighted by molar-refractivity contribution is -0.197. The maximum Gasteiger partial charge on any atom is 0.335 e. The molecule has 4 saturated carbocycles. The molecule has 0 spiro atoms. The van der Waals surface area contributed by atoms with Crippen molar-refractivity contribution in [2.24, 2.45) is 33.7 Å². The highest BCUT2D eigenvalue weighted by Gasteiger charge is 2.67. The highest BCUT2D eigenvalue weighted by molar-refractivity contribution is 5.85. The lowest BCUT2D eigenvalue weighted by Crippen LogP contribution is -2.61. The summed E-state index contributed by atoms with van der Waals surface area (Å²) in [6.45, 7) is 4.71. The third kappa shape index (κ3) is 2.55. The van der Waals surface area contributed by atoms with Gasteiger partial charge in [0.2, 0.25) is 0 Å². The molecule has 29 heavy (non-hydrogen) atoms. The molecule has 2 N–H and O–H groups in total. The molecule has 1 aromatic heterocycles. The highest BCUT2D eigenvalue weighted by atomic mass is 16.4. The second kappa shape index (κ2) is 6.44. The molecule has 5 nitrogen and oxygen atoms in total. The van der Waals surface area contributed by atoms with Gasteiger partial charge in [-0.05, 0) is 98.5 Å². The molecule has 158 valence electrons. The summed E-state index contributed by atoms with van der Waals surface area (Å²) in [5.41, 5.74) is 1.09. The third-order valence-electron chi connectivity index (χ3n) is 9.95. The van der Waals surface area contributed by atoms with Crippen molar-refractivity contribution in [2.45, 2.75) is 83.2 Å².